The Morgan fingerprint density at radius 3 is 2.33 bits per heavy atom. The van der Waals surface area contributed by atoms with Gasteiger partial charge >= 0.3 is 5.97 Å². The number of esters is 1. The third-order valence-electron chi connectivity index (χ3n) is 1.78. The van der Waals surface area contributed by atoms with Gasteiger partial charge in [-0.05, 0) is 25.1 Å². The van der Waals surface area contributed by atoms with Crippen LogP contribution in [0.4, 0.5) is 0 Å². The van der Waals surface area contributed by atoms with Gasteiger partial charge in [0.1, 0.15) is 0 Å². The highest BCUT2D eigenvalue weighted by Gasteiger charge is 2.01. The highest BCUT2D eigenvalue weighted by atomic mass is 16.5. The van der Waals surface area contributed by atoms with E-state index >= 15 is 0 Å². The zero-order valence-corrected chi connectivity index (χ0v) is 10.2. The molecule has 0 bridgehead atoms. The Morgan fingerprint density at radius 2 is 1.93 bits per heavy atom. The lowest BCUT2D eigenvalue weighted by molar-refractivity contribution is -0.140. The van der Waals surface area contributed by atoms with Gasteiger partial charge in [-0.1, -0.05) is 32.4 Å². The van der Waals surface area contributed by atoms with Crippen molar-refractivity contribution in [2.45, 2.75) is 40.0 Å². The number of carbonyl (C=O) groups excluding carboxylic acids is 1. The minimum atomic E-state index is -0.170. The monoisotopic (exact) mass is 213 g/mol. The SMILES string of the molecule is CC.CC/C(=C\C=C/N)CCC(=O)OC. The van der Waals surface area contributed by atoms with Crippen LogP contribution in [0.15, 0.2) is 23.9 Å². The molecule has 0 aromatic carbocycles. The summed E-state index contributed by atoms with van der Waals surface area (Å²) in [6.45, 7) is 6.05. The van der Waals surface area contributed by atoms with Gasteiger partial charge in [-0.25, -0.2) is 0 Å². The van der Waals surface area contributed by atoms with Crippen molar-refractivity contribution in [1.82, 2.24) is 0 Å². The molecule has 0 saturated heterocycles. The molecule has 3 heteroatoms. The van der Waals surface area contributed by atoms with Crippen LogP contribution >= 0.6 is 0 Å². The van der Waals surface area contributed by atoms with E-state index in [4.69, 9.17) is 5.73 Å². The molecule has 0 aliphatic heterocycles. The van der Waals surface area contributed by atoms with Crippen molar-refractivity contribution in [2.24, 2.45) is 5.73 Å². The van der Waals surface area contributed by atoms with Crippen molar-refractivity contribution in [3.05, 3.63) is 23.9 Å². The molecule has 0 aromatic heterocycles. The lowest BCUT2D eigenvalue weighted by Gasteiger charge is -2.01. The van der Waals surface area contributed by atoms with Crippen LogP contribution < -0.4 is 5.73 Å². The summed E-state index contributed by atoms with van der Waals surface area (Å²) in [6, 6.07) is 0. The van der Waals surface area contributed by atoms with Gasteiger partial charge < -0.3 is 10.5 Å². The summed E-state index contributed by atoms with van der Waals surface area (Å²) in [5.41, 5.74) is 6.40. The predicted molar refractivity (Wildman–Crippen MR) is 64.3 cm³/mol. The maximum atomic E-state index is 10.8. The Morgan fingerprint density at radius 1 is 1.33 bits per heavy atom. The Hall–Kier alpha value is -1.25. The fraction of sp³-hybridized carbons (Fsp3) is 0.583. The van der Waals surface area contributed by atoms with Gasteiger partial charge in [-0.3, -0.25) is 4.79 Å². The summed E-state index contributed by atoms with van der Waals surface area (Å²) < 4.78 is 4.54. The predicted octanol–water partition coefficient (Wildman–Crippen LogP) is 2.77. The van der Waals surface area contributed by atoms with E-state index in [2.05, 4.69) is 4.74 Å². The molecule has 0 unspecified atom stereocenters. The first kappa shape index (κ1) is 16.2. The van der Waals surface area contributed by atoms with Crippen LogP contribution in [0.1, 0.15) is 40.0 Å². The number of allylic oxidation sites excluding steroid dienone is 3. The van der Waals surface area contributed by atoms with Crippen molar-refractivity contribution in [3.63, 3.8) is 0 Å². The number of ether oxygens (including phenoxy) is 1. The maximum absolute atomic E-state index is 10.8. The first-order chi connectivity index (χ1) is 7.24. The fourth-order valence-electron chi connectivity index (χ4n) is 0.934. The standard InChI is InChI=1S/C10H17NO2.C2H6/c1-3-9(5-4-8-11)6-7-10(12)13-2;1-2/h4-5,8H,3,6-7,11H2,1-2H3;1-2H3/b8-4-,9-5+;. The van der Waals surface area contributed by atoms with E-state index < -0.39 is 0 Å². The Labute approximate surface area is 93.0 Å². The molecule has 0 rings (SSSR count). The Balaban J connectivity index is 0. The zero-order chi connectivity index (χ0) is 12.1. The quantitative estimate of drug-likeness (QED) is 0.564. The molecular formula is C12H23NO2. The summed E-state index contributed by atoms with van der Waals surface area (Å²) in [6.07, 6.45) is 7.30. The molecule has 2 N–H and O–H groups in total. The second-order valence-electron chi connectivity index (χ2n) is 2.64. The summed E-state index contributed by atoms with van der Waals surface area (Å²) >= 11 is 0. The minimum Gasteiger partial charge on any atom is -0.469 e. The zero-order valence-electron chi connectivity index (χ0n) is 10.2. The molecule has 0 spiro atoms. The molecule has 0 radical (unpaired) electrons. The van der Waals surface area contributed by atoms with E-state index in [1.165, 1.54) is 18.9 Å². The Kier molecular flexibility index (Phi) is 13.8. The maximum Gasteiger partial charge on any atom is 0.305 e. The van der Waals surface area contributed by atoms with Gasteiger partial charge in [0.2, 0.25) is 0 Å². The molecule has 0 saturated carbocycles. The molecular weight excluding hydrogens is 190 g/mol. The first-order valence-electron chi connectivity index (χ1n) is 5.37. The summed E-state index contributed by atoms with van der Waals surface area (Å²) in [5.74, 6) is -0.170. The second-order valence-corrected chi connectivity index (χ2v) is 2.64. The molecule has 0 atom stereocenters. The molecule has 88 valence electrons. The van der Waals surface area contributed by atoms with E-state index in [-0.39, 0.29) is 5.97 Å². The molecule has 0 heterocycles. The smallest absolute Gasteiger partial charge is 0.305 e. The molecule has 0 aromatic rings. The highest BCUT2D eigenvalue weighted by molar-refractivity contribution is 5.69. The van der Waals surface area contributed by atoms with Gasteiger partial charge in [0.25, 0.3) is 0 Å². The average molecular weight is 213 g/mol. The van der Waals surface area contributed by atoms with Gasteiger partial charge in [0.15, 0.2) is 0 Å². The van der Waals surface area contributed by atoms with Crippen LogP contribution in [0.3, 0.4) is 0 Å². The van der Waals surface area contributed by atoms with Crippen molar-refractivity contribution < 1.29 is 9.53 Å². The van der Waals surface area contributed by atoms with E-state index in [1.807, 2.05) is 26.8 Å². The van der Waals surface area contributed by atoms with Gasteiger partial charge in [-0.15, -0.1) is 0 Å². The molecule has 15 heavy (non-hydrogen) atoms. The van der Waals surface area contributed by atoms with Crippen molar-refractivity contribution in [2.75, 3.05) is 7.11 Å². The van der Waals surface area contributed by atoms with Crippen molar-refractivity contribution in [1.29, 1.82) is 0 Å². The van der Waals surface area contributed by atoms with Crippen LogP contribution in [0, 0.1) is 0 Å². The minimum absolute atomic E-state index is 0.170. The van der Waals surface area contributed by atoms with Gasteiger partial charge in [0.05, 0.1) is 7.11 Å². The van der Waals surface area contributed by atoms with Crippen molar-refractivity contribution >= 4 is 5.97 Å². The van der Waals surface area contributed by atoms with Crippen LogP contribution in [0.2, 0.25) is 0 Å². The lowest BCUT2D eigenvalue weighted by Crippen LogP contribution is -2.00. The molecule has 3 nitrogen and oxygen atoms in total. The van der Waals surface area contributed by atoms with Gasteiger partial charge in [-0.2, -0.15) is 0 Å². The Bertz CT molecular complexity index is 208. The largest absolute Gasteiger partial charge is 0.469 e. The number of hydrogen-bond acceptors (Lipinski definition) is 3. The number of methoxy groups -OCH3 is 1. The summed E-state index contributed by atoms with van der Waals surface area (Å²) in [7, 11) is 1.40. The van der Waals surface area contributed by atoms with Crippen molar-refractivity contribution in [3.8, 4) is 0 Å². The normalized spacial score (nSPS) is 10.8. The number of carbonyl (C=O) groups is 1. The number of hydrogen-bond donors (Lipinski definition) is 1. The highest BCUT2D eigenvalue weighted by Crippen LogP contribution is 2.09. The number of nitrogens with two attached hydrogens (primary N) is 1. The van der Waals surface area contributed by atoms with Crippen LogP contribution in [0.5, 0.6) is 0 Å². The topological polar surface area (TPSA) is 52.3 Å². The third kappa shape index (κ3) is 10.7. The fourth-order valence-corrected chi connectivity index (χ4v) is 0.934. The number of rotatable bonds is 5. The molecule has 0 aliphatic rings. The molecule has 0 fully saturated rings. The van der Waals surface area contributed by atoms with Gasteiger partial charge in [0, 0.05) is 6.42 Å². The summed E-state index contributed by atoms with van der Waals surface area (Å²) in [4.78, 5) is 10.8. The van der Waals surface area contributed by atoms with E-state index in [0.717, 1.165) is 12.8 Å². The average Bonchev–Trinajstić information content (AvgIpc) is 2.31. The van der Waals surface area contributed by atoms with E-state index in [1.54, 1.807) is 6.08 Å². The second kappa shape index (κ2) is 12.8. The molecule has 0 aliphatic carbocycles. The van der Waals surface area contributed by atoms with Crippen LogP contribution in [-0.2, 0) is 9.53 Å². The third-order valence-corrected chi connectivity index (χ3v) is 1.78. The van der Waals surface area contributed by atoms with Crippen LogP contribution in [0.25, 0.3) is 0 Å². The lowest BCUT2D eigenvalue weighted by atomic mass is 10.1. The van der Waals surface area contributed by atoms with E-state index in [9.17, 15) is 4.79 Å². The molecule has 0 amide bonds. The van der Waals surface area contributed by atoms with Crippen LogP contribution in [-0.4, -0.2) is 13.1 Å². The summed E-state index contributed by atoms with van der Waals surface area (Å²) in [5, 5.41) is 0. The first-order valence-corrected chi connectivity index (χ1v) is 5.37. The van der Waals surface area contributed by atoms with E-state index in [0.29, 0.717) is 6.42 Å².